The monoisotopic (exact) mass is 925 g/mol. The highest BCUT2D eigenvalue weighted by atomic mass is 32.2. The Bertz CT molecular complexity index is 4310. The molecule has 4 aromatic heterocycles. The molecule has 69 heavy (non-hydrogen) atoms. The van der Waals surface area contributed by atoms with E-state index in [1.807, 2.05) is 72.8 Å². The van der Waals surface area contributed by atoms with E-state index in [0.717, 1.165) is 87.4 Å². The van der Waals surface area contributed by atoms with Crippen molar-refractivity contribution < 1.29 is 8.42 Å². The third-order valence-electron chi connectivity index (χ3n) is 14.2. The van der Waals surface area contributed by atoms with Gasteiger partial charge in [-0.1, -0.05) is 153 Å². The summed E-state index contributed by atoms with van der Waals surface area (Å²) in [4.78, 5) is 16.2. The number of thiophene rings is 1. The standard InChI is InChI=1S/C60H39N5O2S2/c1-60(2)47-34-39(26-31-53(47)69(66,67)54-32-27-40(35-48(54)60)64-49-22-12-9-19-41(49)42-20-10-13-23-50(42)64)38-25-30-51-46(33-38)44-28-29-45-43-21-11-14-24-52(43)68-56(45)55(44)65(51)59-62-57(36-15-5-3-6-16-36)61-58(63-59)37-17-7-4-8-18-37/h3-35H,1-2H3. The summed E-state index contributed by atoms with van der Waals surface area (Å²) in [5.74, 6) is 1.70. The zero-order valence-electron chi connectivity index (χ0n) is 37.4. The summed E-state index contributed by atoms with van der Waals surface area (Å²) < 4.78 is 36.2. The molecule has 14 rings (SSSR count). The minimum absolute atomic E-state index is 0.344. The van der Waals surface area contributed by atoms with Crippen LogP contribution in [0.1, 0.15) is 25.0 Å². The van der Waals surface area contributed by atoms with Crippen LogP contribution in [0, 0.1) is 0 Å². The number of hydrogen-bond acceptors (Lipinski definition) is 6. The predicted molar refractivity (Wildman–Crippen MR) is 282 cm³/mol. The summed E-state index contributed by atoms with van der Waals surface area (Å²) in [7, 11) is -3.84. The second-order valence-electron chi connectivity index (χ2n) is 18.4. The van der Waals surface area contributed by atoms with Gasteiger partial charge in [0.1, 0.15) is 0 Å². The molecule has 0 saturated carbocycles. The maximum absolute atomic E-state index is 14.7. The molecular formula is C60H39N5O2S2. The quantitative estimate of drug-likeness (QED) is 0.172. The van der Waals surface area contributed by atoms with E-state index in [1.165, 1.54) is 15.5 Å². The number of nitrogens with zero attached hydrogens (tertiary/aromatic N) is 5. The van der Waals surface area contributed by atoms with Gasteiger partial charge in [0, 0.05) is 59.2 Å². The van der Waals surface area contributed by atoms with Gasteiger partial charge in [-0.2, -0.15) is 9.97 Å². The Morgan fingerprint density at radius 3 is 1.65 bits per heavy atom. The van der Waals surface area contributed by atoms with Gasteiger partial charge < -0.3 is 4.57 Å². The Hall–Kier alpha value is -8.24. The molecule has 7 nitrogen and oxygen atoms in total. The van der Waals surface area contributed by atoms with Crippen molar-refractivity contribution in [2.24, 2.45) is 0 Å². The number of hydrogen-bond donors (Lipinski definition) is 0. The van der Waals surface area contributed by atoms with Crippen molar-refractivity contribution in [3.8, 4) is 45.5 Å². The van der Waals surface area contributed by atoms with Gasteiger partial charge in [-0.15, -0.1) is 11.3 Å². The van der Waals surface area contributed by atoms with Gasteiger partial charge >= 0.3 is 0 Å². The molecule has 0 atom stereocenters. The molecule has 328 valence electrons. The second-order valence-corrected chi connectivity index (χ2v) is 21.3. The smallest absolute Gasteiger partial charge is 0.238 e. The number of para-hydroxylation sites is 2. The lowest BCUT2D eigenvalue weighted by atomic mass is 9.76. The third-order valence-corrected chi connectivity index (χ3v) is 17.3. The highest BCUT2D eigenvalue weighted by Crippen LogP contribution is 2.49. The molecule has 0 N–H and O–H groups in total. The molecule has 0 saturated heterocycles. The van der Waals surface area contributed by atoms with E-state index >= 15 is 0 Å². The average Bonchev–Trinajstić information content (AvgIpc) is 4.06. The first-order chi connectivity index (χ1) is 33.7. The Morgan fingerprint density at radius 1 is 0.435 bits per heavy atom. The second kappa shape index (κ2) is 14.6. The van der Waals surface area contributed by atoms with E-state index in [0.29, 0.717) is 27.4 Å². The fourth-order valence-electron chi connectivity index (χ4n) is 10.8. The van der Waals surface area contributed by atoms with Crippen LogP contribution in [0.2, 0.25) is 0 Å². The molecule has 0 radical (unpaired) electrons. The zero-order valence-corrected chi connectivity index (χ0v) is 39.1. The van der Waals surface area contributed by atoms with Crippen molar-refractivity contribution in [3.63, 3.8) is 0 Å². The Kier molecular flexibility index (Phi) is 8.46. The normalized spacial score (nSPS) is 14.0. The Balaban J connectivity index is 0.967. The molecule has 0 aliphatic carbocycles. The van der Waals surface area contributed by atoms with Crippen LogP contribution in [0.3, 0.4) is 0 Å². The lowest BCUT2D eigenvalue weighted by molar-refractivity contribution is 0.555. The number of benzene rings is 9. The SMILES string of the molecule is CC1(C)c2cc(-c3ccc4c(c3)c3ccc5c6ccccc6sc5c3n4-c3nc(-c4ccccc4)nc(-c4ccccc4)n3)ccc2S(=O)(=O)c2ccc(-n3c4ccccc4c4ccccc43)cc21. The van der Waals surface area contributed by atoms with Crippen LogP contribution < -0.4 is 0 Å². The lowest BCUT2D eigenvalue weighted by Crippen LogP contribution is -2.30. The van der Waals surface area contributed by atoms with E-state index in [4.69, 9.17) is 15.0 Å². The van der Waals surface area contributed by atoms with Crippen molar-refractivity contribution >= 4 is 85.0 Å². The van der Waals surface area contributed by atoms with Gasteiger partial charge in [-0.05, 0) is 82.9 Å². The summed E-state index contributed by atoms with van der Waals surface area (Å²) >= 11 is 1.78. The maximum Gasteiger partial charge on any atom is 0.238 e. The first-order valence-electron chi connectivity index (χ1n) is 23.0. The molecule has 0 amide bonds. The molecule has 9 heteroatoms. The highest BCUT2D eigenvalue weighted by Gasteiger charge is 2.41. The summed E-state index contributed by atoms with van der Waals surface area (Å²) in [6, 6.07) is 68.2. The third kappa shape index (κ3) is 5.84. The van der Waals surface area contributed by atoms with Crippen molar-refractivity contribution in [3.05, 3.63) is 211 Å². The first kappa shape index (κ1) is 39.9. The van der Waals surface area contributed by atoms with E-state index in [1.54, 1.807) is 23.5 Å². The zero-order chi connectivity index (χ0) is 46.2. The minimum atomic E-state index is -3.84. The predicted octanol–water partition coefficient (Wildman–Crippen LogP) is 14.9. The largest absolute Gasteiger partial charge is 0.309 e. The molecule has 1 aliphatic rings. The topological polar surface area (TPSA) is 82.7 Å². The fraction of sp³-hybridized carbons (Fsp3) is 0.0500. The van der Waals surface area contributed by atoms with Crippen LogP contribution in [0.4, 0.5) is 0 Å². The molecule has 0 spiro atoms. The molecule has 9 aromatic carbocycles. The molecular weight excluding hydrogens is 887 g/mol. The molecule has 0 fully saturated rings. The van der Waals surface area contributed by atoms with Gasteiger partial charge in [0.15, 0.2) is 11.6 Å². The fourth-order valence-corrected chi connectivity index (χ4v) is 14.0. The van der Waals surface area contributed by atoms with Crippen molar-refractivity contribution in [2.45, 2.75) is 29.1 Å². The molecule has 0 unspecified atom stereocenters. The summed E-state index contributed by atoms with van der Waals surface area (Å²) in [6.07, 6.45) is 0. The van der Waals surface area contributed by atoms with E-state index < -0.39 is 15.3 Å². The van der Waals surface area contributed by atoms with Crippen LogP contribution in [-0.4, -0.2) is 32.5 Å². The van der Waals surface area contributed by atoms with Crippen LogP contribution >= 0.6 is 11.3 Å². The van der Waals surface area contributed by atoms with Crippen LogP contribution in [0.25, 0.3) is 109 Å². The van der Waals surface area contributed by atoms with E-state index in [2.05, 4.69) is 138 Å². The Labute approximate surface area is 401 Å². The molecule has 1 aliphatic heterocycles. The minimum Gasteiger partial charge on any atom is -0.309 e. The van der Waals surface area contributed by atoms with E-state index in [-0.39, 0.29) is 0 Å². The van der Waals surface area contributed by atoms with Gasteiger partial charge in [0.05, 0.1) is 36.6 Å². The lowest BCUT2D eigenvalue weighted by Gasteiger charge is -2.35. The van der Waals surface area contributed by atoms with Crippen LogP contribution in [-0.2, 0) is 15.3 Å². The number of rotatable bonds is 5. The van der Waals surface area contributed by atoms with Crippen LogP contribution in [0.5, 0.6) is 0 Å². The molecule has 0 bridgehead atoms. The Morgan fingerprint density at radius 2 is 0.971 bits per heavy atom. The maximum atomic E-state index is 14.7. The van der Waals surface area contributed by atoms with Crippen molar-refractivity contribution in [2.75, 3.05) is 0 Å². The molecule has 5 heterocycles. The summed E-state index contributed by atoms with van der Waals surface area (Å²) in [6.45, 7) is 4.29. The number of sulfone groups is 1. The van der Waals surface area contributed by atoms with Crippen LogP contribution in [0.15, 0.2) is 210 Å². The van der Waals surface area contributed by atoms with Gasteiger partial charge in [0.25, 0.3) is 0 Å². The van der Waals surface area contributed by atoms with E-state index in [9.17, 15) is 8.42 Å². The highest BCUT2D eigenvalue weighted by molar-refractivity contribution is 7.91. The molecule has 13 aromatic rings. The summed E-state index contributed by atoms with van der Waals surface area (Å²) in [5, 5.41) is 6.80. The van der Waals surface area contributed by atoms with Gasteiger partial charge in [-0.25, -0.2) is 13.4 Å². The van der Waals surface area contributed by atoms with Crippen molar-refractivity contribution in [1.29, 1.82) is 0 Å². The average molecular weight is 926 g/mol. The number of aromatic nitrogens is 5. The summed E-state index contributed by atoms with van der Waals surface area (Å²) in [5.41, 5.74) is 9.66. The number of fused-ring (bicyclic) bond motifs is 12. The van der Waals surface area contributed by atoms with Crippen molar-refractivity contribution in [1.82, 2.24) is 24.1 Å². The van der Waals surface area contributed by atoms with Gasteiger partial charge in [0.2, 0.25) is 15.8 Å². The first-order valence-corrected chi connectivity index (χ1v) is 25.3. The van der Waals surface area contributed by atoms with Gasteiger partial charge in [-0.3, -0.25) is 4.57 Å².